The van der Waals surface area contributed by atoms with Gasteiger partial charge in [0.1, 0.15) is 23.0 Å². The third-order valence-electron chi connectivity index (χ3n) is 4.27. The summed E-state index contributed by atoms with van der Waals surface area (Å²) < 4.78 is 86.8. The van der Waals surface area contributed by atoms with Gasteiger partial charge in [0.2, 0.25) is 0 Å². The van der Waals surface area contributed by atoms with E-state index in [1.807, 2.05) is 0 Å². The van der Waals surface area contributed by atoms with Crippen molar-refractivity contribution in [3.05, 3.63) is 65.4 Å². The number of nitrogens with zero attached hydrogens (tertiary/aromatic N) is 3. The smallest absolute Gasteiger partial charge is 0.398 e. The number of nitrogens with two attached hydrogens (primary N) is 1. The van der Waals surface area contributed by atoms with Crippen molar-refractivity contribution in [1.29, 1.82) is 0 Å². The average molecular weight is 412 g/mol. The largest absolute Gasteiger partial charge is 0.419 e. The number of hydrogen-bond donors (Lipinski definition) is 1. The van der Waals surface area contributed by atoms with E-state index in [2.05, 4.69) is 10.1 Å². The maximum absolute atomic E-state index is 13.9. The van der Waals surface area contributed by atoms with E-state index in [4.69, 9.17) is 10.3 Å². The first kappa shape index (κ1) is 18.8. The molecule has 2 aromatic carbocycles. The molecule has 0 fully saturated rings. The number of hydrogen-bond acceptors (Lipinski definition) is 4. The van der Waals surface area contributed by atoms with Crippen molar-refractivity contribution in [3.8, 4) is 11.5 Å². The van der Waals surface area contributed by atoms with Gasteiger partial charge in [-0.3, -0.25) is 0 Å². The number of nitrogen functional groups attached to an aromatic ring is 1. The van der Waals surface area contributed by atoms with Gasteiger partial charge >= 0.3 is 6.18 Å². The highest BCUT2D eigenvalue weighted by Crippen LogP contribution is 2.39. The van der Waals surface area contributed by atoms with E-state index in [0.717, 1.165) is 6.07 Å². The molecule has 0 unspecified atom stereocenters. The van der Waals surface area contributed by atoms with Gasteiger partial charge in [0.15, 0.2) is 5.82 Å². The summed E-state index contributed by atoms with van der Waals surface area (Å²) in [5.74, 6) is -4.14. The van der Waals surface area contributed by atoms with Gasteiger partial charge in [-0.05, 0) is 18.2 Å². The summed E-state index contributed by atoms with van der Waals surface area (Å²) in [5.41, 5.74) is 3.61. The van der Waals surface area contributed by atoms with Gasteiger partial charge in [0, 0.05) is 34.9 Å². The molecule has 0 aliphatic carbocycles. The van der Waals surface area contributed by atoms with Crippen LogP contribution < -0.4 is 5.73 Å². The van der Waals surface area contributed by atoms with Crippen molar-refractivity contribution in [3.63, 3.8) is 0 Å². The Morgan fingerprint density at radius 3 is 2.38 bits per heavy atom. The lowest BCUT2D eigenvalue weighted by Gasteiger charge is -2.12. The molecule has 29 heavy (non-hydrogen) atoms. The van der Waals surface area contributed by atoms with E-state index in [1.165, 1.54) is 22.9 Å². The van der Waals surface area contributed by atoms with Crippen molar-refractivity contribution in [1.82, 2.24) is 14.7 Å². The topological polar surface area (TPSA) is 69.9 Å². The Morgan fingerprint density at radius 1 is 1.03 bits per heavy atom. The predicted octanol–water partition coefficient (Wildman–Crippen LogP) is 4.76. The Labute approximate surface area is 158 Å². The van der Waals surface area contributed by atoms with Crippen LogP contribution in [-0.4, -0.2) is 14.7 Å². The fourth-order valence-corrected chi connectivity index (χ4v) is 3.06. The third kappa shape index (κ3) is 3.28. The zero-order valence-corrected chi connectivity index (χ0v) is 14.3. The molecular weight excluding hydrogens is 402 g/mol. The summed E-state index contributed by atoms with van der Waals surface area (Å²) in [4.78, 5) is 3.85. The van der Waals surface area contributed by atoms with E-state index in [9.17, 15) is 26.3 Å². The third-order valence-corrected chi connectivity index (χ3v) is 4.27. The van der Waals surface area contributed by atoms with E-state index in [-0.39, 0.29) is 23.3 Å². The summed E-state index contributed by atoms with van der Waals surface area (Å²) in [7, 11) is 0. The number of aromatic nitrogens is 3. The van der Waals surface area contributed by atoms with Crippen LogP contribution in [0.15, 0.2) is 41.1 Å². The number of anilines is 1. The Morgan fingerprint density at radius 2 is 1.72 bits per heavy atom. The summed E-state index contributed by atoms with van der Waals surface area (Å²) in [6.45, 7) is -0.140. The molecule has 0 saturated heterocycles. The molecule has 0 amide bonds. The monoisotopic (exact) mass is 412 g/mol. The minimum Gasteiger partial charge on any atom is -0.398 e. The fourth-order valence-electron chi connectivity index (χ4n) is 3.06. The van der Waals surface area contributed by atoms with Crippen molar-refractivity contribution in [2.24, 2.45) is 0 Å². The molecule has 0 aliphatic rings. The zero-order valence-electron chi connectivity index (χ0n) is 14.3. The second-order valence-corrected chi connectivity index (χ2v) is 6.16. The molecule has 150 valence electrons. The Kier molecular flexibility index (Phi) is 4.25. The SMILES string of the molecule is Nc1ccc2c(ccn2Cc2noc(-c3c(F)cc(F)cc3F)n2)c1C(F)(F)F. The second kappa shape index (κ2) is 6.54. The maximum Gasteiger partial charge on any atom is 0.419 e. The highest BCUT2D eigenvalue weighted by atomic mass is 19.4. The minimum absolute atomic E-state index is 0.0500. The van der Waals surface area contributed by atoms with E-state index < -0.39 is 46.3 Å². The molecule has 5 nitrogen and oxygen atoms in total. The highest BCUT2D eigenvalue weighted by Gasteiger charge is 2.35. The maximum atomic E-state index is 13.9. The van der Waals surface area contributed by atoms with Gasteiger partial charge in [-0.1, -0.05) is 5.16 Å². The molecule has 4 rings (SSSR count). The van der Waals surface area contributed by atoms with E-state index >= 15 is 0 Å². The Bertz CT molecular complexity index is 1200. The van der Waals surface area contributed by atoms with Crippen LogP contribution in [0.4, 0.5) is 32.0 Å². The van der Waals surface area contributed by atoms with Gasteiger partial charge in [0.25, 0.3) is 5.89 Å². The molecule has 0 radical (unpaired) electrons. The molecule has 4 aromatic rings. The number of benzene rings is 2. The first-order valence-electron chi connectivity index (χ1n) is 8.07. The molecule has 2 N–H and O–H groups in total. The second-order valence-electron chi connectivity index (χ2n) is 6.16. The van der Waals surface area contributed by atoms with Gasteiger partial charge in [-0.2, -0.15) is 18.2 Å². The van der Waals surface area contributed by atoms with Crippen molar-refractivity contribution < 1.29 is 30.9 Å². The zero-order chi connectivity index (χ0) is 20.9. The van der Waals surface area contributed by atoms with Crippen molar-refractivity contribution in [2.45, 2.75) is 12.7 Å². The number of rotatable bonds is 3. The number of fused-ring (bicyclic) bond motifs is 1. The predicted molar refractivity (Wildman–Crippen MR) is 90.1 cm³/mol. The van der Waals surface area contributed by atoms with Gasteiger partial charge in [0.05, 0.1) is 12.1 Å². The Balaban J connectivity index is 1.71. The molecule has 0 saturated carbocycles. The first-order chi connectivity index (χ1) is 13.6. The standard InChI is InChI=1S/C18H10F6N4O/c19-8-5-10(20)15(11(21)6-8)17-26-14(27-29-17)7-28-4-3-9-13(28)2-1-12(25)16(9)18(22,23)24/h1-6H,7,25H2. The first-order valence-corrected chi connectivity index (χ1v) is 8.07. The van der Waals surface area contributed by atoms with Crippen molar-refractivity contribution in [2.75, 3.05) is 5.73 Å². The summed E-state index contributed by atoms with van der Waals surface area (Å²) >= 11 is 0. The summed E-state index contributed by atoms with van der Waals surface area (Å²) in [5, 5.41) is 3.47. The lowest BCUT2D eigenvalue weighted by atomic mass is 10.1. The van der Waals surface area contributed by atoms with E-state index in [0.29, 0.717) is 12.1 Å². The molecule has 0 atom stereocenters. The Hall–Kier alpha value is -3.50. The fraction of sp³-hybridized carbons (Fsp3) is 0.111. The van der Waals surface area contributed by atoms with Crippen LogP contribution in [0.2, 0.25) is 0 Å². The molecule has 0 spiro atoms. The summed E-state index contributed by atoms with van der Waals surface area (Å²) in [6, 6.07) is 4.71. The van der Waals surface area contributed by atoms with Crippen LogP contribution in [0.5, 0.6) is 0 Å². The van der Waals surface area contributed by atoms with Gasteiger partial charge in [-0.25, -0.2) is 13.2 Å². The van der Waals surface area contributed by atoms with Crippen LogP contribution in [0.3, 0.4) is 0 Å². The molecule has 0 bridgehead atoms. The van der Waals surface area contributed by atoms with E-state index in [1.54, 1.807) is 0 Å². The quantitative estimate of drug-likeness (QED) is 0.389. The number of halogens is 6. The minimum atomic E-state index is -4.65. The van der Waals surface area contributed by atoms with Gasteiger partial charge in [-0.15, -0.1) is 0 Å². The van der Waals surface area contributed by atoms with Crippen LogP contribution in [0.1, 0.15) is 11.4 Å². The van der Waals surface area contributed by atoms with Crippen LogP contribution in [-0.2, 0) is 12.7 Å². The van der Waals surface area contributed by atoms with Crippen LogP contribution in [0.25, 0.3) is 22.4 Å². The lowest BCUT2D eigenvalue weighted by Crippen LogP contribution is -2.09. The van der Waals surface area contributed by atoms with Gasteiger partial charge < -0.3 is 14.8 Å². The normalized spacial score (nSPS) is 12.1. The van der Waals surface area contributed by atoms with Crippen LogP contribution in [0, 0.1) is 17.5 Å². The highest BCUT2D eigenvalue weighted by molar-refractivity contribution is 5.88. The molecule has 0 aliphatic heterocycles. The molecule has 11 heteroatoms. The van der Waals surface area contributed by atoms with Crippen molar-refractivity contribution >= 4 is 16.6 Å². The molecule has 2 heterocycles. The summed E-state index contributed by atoms with van der Waals surface area (Å²) in [6.07, 6.45) is -3.28. The molecular formula is C18H10F6N4O. The lowest BCUT2D eigenvalue weighted by molar-refractivity contribution is -0.135. The average Bonchev–Trinajstić information content (AvgIpc) is 3.20. The number of alkyl halides is 3. The molecule has 2 aromatic heterocycles. The van der Waals surface area contributed by atoms with Crippen LogP contribution >= 0.6 is 0 Å².